The molecule has 1 saturated heterocycles. The molecule has 24 heavy (non-hydrogen) atoms. The van der Waals surface area contributed by atoms with Gasteiger partial charge in [0.15, 0.2) is 23.5 Å². The van der Waals surface area contributed by atoms with Crippen LogP contribution in [-0.4, -0.2) is 73.2 Å². The molecule has 1 N–H and O–H groups in total. The van der Waals surface area contributed by atoms with Gasteiger partial charge >= 0.3 is 17.9 Å². The number of carbonyl (C=O) groups excluding carboxylic acids is 3. The highest BCUT2D eigenvalue weighted by molar-refractivity contribution is 7.80. The molecule has 1 aliphatic heterocycles. The van der Waals surface area contributed by atoms with Gasteiger partial charge in [0, 0.05) is 34.9 Å². The Kier molecular flexibility index (Phi) is 7.36. The second-order valence-corrected chi connectivity index (χ2v) is 5.78. The Labute approximate surface area is 145 Å². The minimum absolute atomic E-state index is 0.155. The van der Waals surface area contributed by atoms with Gasteiger partial charge in [-0.1, -0.05) is 0 Å². The SMILES string of the molecule is CC(=O)OC[C@H]1O[C@@H](NC(=S)N(C)C)[C@H](OC(C)=O)[C@@H]1OC(C)=O. The van der Waals surface area contributed by atoms with Gasteiger partial charge in [0.2, 0.25) is 0 Å². The van der Waals surface area contributed by atoms with Crippen molar-refractivity contribution in [2.75, 3.05) is 20.7 Å². The first-order valence-corrected chi connectivity index (χ1v) is 7.63. The van der Waals surface area contributed by atoms with Gasteiger partial charge in [-0.25, -0.2) is 0 Å². The van der Waals surface area contributed by atoms with Crippen molar-refractivity contribution in [1.82, 2.24) is 10.2 Å². The monoisotopic (exact) mass is 362 g/mol. The number of hydrogen-bond acceptors (Lipinski definition) is 8. The van der Waals surface area contributed by atoms with Gasteiger partial charge in [0.05, 0.1) is 0 Å². The van der Waals surface area contributed by atoms with Gasteiger partial charge in [0.25, 0.3) is 0 Å². The standard InChI is InChI=1S/C14H22N2O7S/c1-7(17)20-6-10-11(21-8(2)18)12(22-9(3)19)13(23-10)15-14(24)16(4)5/h10-13H,6H2,1-5H3,(H,15,24)/t10-,11-,12-,13-/m1/s1. The summed E-state index contributed by atoms with van der Waals surface area (Å²) in [5.74, 6) is -1.66. The summed E-state index contributed by atoms with van der Waals surface area (Å²) in [7, 11) is 3.45. The van der Waals surface area contributed by atoms with Gasteiger partial charge in [-0.3, -0.25) is 14.4 Å². The van der Waals surface area contributed by atoms with Crippen LogP contribution in [-0.2, 0) is 33.3 Å². The third kappa shape index (κ3) is 5.93. The highest BCUT2D eigenvalue weighted by Gasteiger charge is 2.50. The summed E-state index contributed by atoms with van der Waals surface area (Å²) in [6, 6.07) is 0. The maximum absolute atomic E-state index is 11.4. The third-order valence-electron chi connectivity index (χ3n) is 3.04. The molecule has 0 amide bonds. The first-order valence-electron chi connectivity index (χ1n) is 7.23. The van der Waals surface area contributed by atoms with Gasteiger partial charge in [-0.15, -0.1) is 0 Å². The van der Waals surface area contributed by atoms with Crippen LogP contribution in [0.5, 0.6) is 0 Å². The van der Waals surface area contributed by atoms with Crippen molar-refractivity contribution < 1.29 is 33.3 Å². The lowest BCUT2D eigenvalue weighted by Crippen LogP contribution is -2.49. The van der Waals surface area contributed by atoms with E-state index in [9.17, 15) is 14.4 Å². The number of nitrogens with zero attached hydrogens (tertiary/aromatic N) is 1. The molecule has 0 aliphatic carbocycles. The van der Waals surface area contributed by atoms with Gasteiger partial charge in [0.1, 0.15) is 12.7 Å². The van der Waals surface area contributed by atoms with Gasteiger partial charge in [-0.05, 0) is 12.2 Å². The molecule has 0 spiro atoms. The van der Waals surface area contributed by atoms with Crippen molar-refractivity contribution >= 4 is 35.2 Å². The normalized spacial score (nSPS) is 25.5. The predicted octanol–water partition coefficient (Wildman–Crippen LogP) is -0.426. The Bertz CT molecular complexity index is 511. The van der Waals surface area contributed by atoms with Crippen molar-refractivity contribution in [3.8, 4) is 0 Å². The van der Waals surface area contributed by atoms with Crippen molar-refractivity contribution in [1.29, 1.82) is 0 Å². The zero-order chi connectivity index (χ0) is 18.4. The second kappa shape index (κ2) is 8.78. The Morgan fingerprint density at radius 3 is 2.04 bits per heavy atom. The zero-order valence-corrected chi connectivity index (χ0v) is 15.0. The first kappa shape index (κ1) is 20.1. The van der Waals surface area contributed by atoms with E-state index in [0.717, 1.165) is 0 Å². The van der Waals surface area contributed by atoms with Crippen LogP contribution in [0.2, 0.25) is 0 Å². The Morgan fingerprint density at radius 2 is 1.58 bits per heavy atom. The van der Waals surface area contributed by atoms with Crippen LogP contribution in [0, 0.1) is 0 Å². The Hall–Kier alpha value is -1.94. The van der Waals surface area contributed by atoms with Crippen molar-refractivity contribution in [3.63, 3.8) is 0 Å². The molecule has 1 fully saturated rings. The smallest absolute Gasteiger partial charge is 0.303 e. The summed E-state index contributed by atoms with van der Waals surface area (Å²) in [5.41, 5.74) is 0. The van der Waals surface area contributed by atoms with Crippen LogP contribution in [0.1, 0.15) is 20.8 Å². The molecule has 0 bridgehead atoms. The predicted molar refractivity (Wildman–Crippen MR) is 85.8 cm³/mol. The quantitative estimate of drug-likeness (QED) is 0.394. The molecule has 0 aromatic heterocycles. The molecule has 0 aromatic carbocycles. The van der Waals surface area contributed by atoms with E-state index in [-0.39, 0.29) is 6.61 Å². The van der Waals surface area contributed by atoms with E-state index in [2.05, 4.69) is 5.32 Å². The number of nitrogens with one attached hydrogen (secondary N) is 1. The zero-order valence-electron chi connectivity index (χ0n) is 14.2. The summed E-state index contributed by atoms with van der Waals surface area (Å²) in [4.78, 5) is 35.4. The topological polar surface area (TPSA) is 103 Å². The van der Waals surface area contributed by atoms with E-state index >= 15 is 0 Å². The maximum Gasteiger partial charge on any atom is 0.303 e. The van der Waals surface area contributed by atoms with Crippen LogP contribution in [0.3, 0.4) is 0 Å². The summed E-state index contributed by atoms with van der Waals surface area (Å²) >= 11 is 5.15. The molecule has 0 radical (unpaired) electrons. The summed E-state index contributed by atoms with van der Waals surface area (Å²) in [6.07, 6.45) is -3.53. The van der Waals surface area contributed by atoms with E-state index in [1.807, 2.05) is 0 Å². The van der Waals surface area contributed by atoms with Crippen molar-refractivity contribution in [3.05, 3.63) is 0 Å². The molecule has 9 nitrogen and oxygen atoms in total. The second-order valence-electron chi connectivity index (χ2n) is 5.39. The van der Waals surface area contributed by atoms with Crippen LogP contribution in [0.15, 0.2) is 0 Å². The number of ether oxygens (including phenoxy) is 4. The largest absolute Gasteiger partial charge is 0.463 e. The summed E-state index contributed by atoms with van der Waals surface area (Å²) < 4.78 is 21.1. The van der Waals surface area contributed by atoms with Gasteiger partial charge in [-0.2, -0.15) is 0 Å². The molecule has 0 aromatic rings. The van der Waals surface area contributed by atoms with E-state index < -0.39 is 42.4 Å². The fourth-order valence-electron chi connectivity index (χ4n) is 2.08. The molecular weight excluding hydrogens is 340 g/mol. The molecular formula is C14H22N2O7S. The Morgan fingerprint density at radius 1 is 1.04 bits per heavy atom. The first-order chi connectivity index (χ1) is 11.1. The summed E-state index contributed by atoms with van der Waals surface area (Å²) in [6.45, 7) is 3.54. The minimum Gasteiger partial charge on any atom is -0.463 e. The number of thiocarbonyl (C=S) groups is 1. The minimum atomic E-state index is -0.940. The number of hydrogen-bond donors (Lipinski definition) is 1. The van der Waals surface area contributed by atoms with Crippen LogP contribution >= 0.6 is 12.2 Å². The average Bonchev–Trinajstić information content (AvgIpc) is 2.73. The molecule has 0 saturated carbocycles. The average molecular weight is 362 g/mol. The van der Waals surface area contributed by atoms with Crippen LogP contribution < -0.4 is 5.32 Å². The summed E-state index contributed by atoms with van der Waals surface area (Å²) in [5, 5.41) is 3.22. The number of esters is 3. The number of carbonyl (C=O) groups is 3. The van der Waals surface area contributed by atoms with Gasteiger partial charge < -0.3 is 29.2 Å². The Balaban J connectivity index is 2.98. The van der Waals surface area contributed by atoms with Crippen molar-refractivity contribution in [2.45, 2.75) is 45.3 Å². The van der Waals surface area contributed by atoms with E-state index in [1.165, 1.54) is 20.8 Å². The molecule has 1 heterocycles. The maximum atomic E-state index is 11.4. The molecule has 0 unspecified atom stereocenters. The number of rotatable bonds is 5. The van der Waals surface area contributed by atoms with Crippen molar-refractivity contribution in [2.24, 2.45) is 0 Å². The third-order valence-corrected chi connectivity index (χ3v) is 3.52. The molecule has 1 aliphatic rings. The molecule has 136 valence electrons. The van der Waals surface area contributed by atoms with Crippen LogP contribution in [0.25, 0.3) is 0 Å². The van der Waals surface area contributed by atoms with E-state index in [4.69, 9.17) is 31.2 Å². The fraction of sp³-hybridized carbons (Fsp3) is 0.714. The lowest BCUT2D eigenvalue weighted by Gasteiger charge is -2.25. The highest BCUT2D eigenvalue weighted by Crippen LogP contribution is 2.26. The molecule has 4 atom stereocenters. The lowest BCUT2D eigenvalue weighted by molar-refractivity contribution is -0.165. The highest BCUT2D eigenvalue weighted by atomic mass is 32.1. The lowest BCUT2D eigenvalue weighted by atomic mass is 10.1. The molecule has 1 rings (SSSR count). The van der Waals surface area contributed by atoms with E-state index in [0.29, 0.717) is 5.11 Å². The van der Waals surface area contributed by atoms with E-state index in [1.54, 1.807) is 19.0 Å². The van der Waals surface area contributed by atoms with Crippen LogP contribution in [0.4, 0.5) is 0 Å². The fourth-order valence-corrected chi connectivity index (χ4v) is 2.20. The molecule has 10 heteroatoms.